The highest BCUT2D eigenvalue weighted by molar-refractivity contribution is 7.11. The molecule has 0 radical (unpaired) electrons. The number of hydrogen-bond donors (Lipinski definition) is 1. The van der Waals surface area contributed by atoms with E-state index in [-0.39, 0.29) is 18.4 Å². The summed E-state index contributed by atoms with van der Waals surface area (Å²) in [6.07, 6.45) is 0.471. The molecule has 20 heavy (non-hydrogen) atoms. The maximum Gasteiger partial charge on any atom is 0.311 e. The molecule has 3 heterocycles. The number of thiazole rings is 1. The summed E-state index contributed by atoms with van der Waals surface area (Å²) < 4.78 is 5.39. The van der Waals surface area contributed by atoms with Gasteiger partial charge in [-0.25, -0.2) is 4.98 Å². The molecule has 0 unspecified atom stereocenters. The van der Waals surface area contributed by atoms with E-state index < -0.39 is 11.4 Å². The summed E-state index contributed by atoms with van der Waals surface area (Å²) in [5, 5.41) is 9.58. The number of likely N-dealkylation sites (tertiary alicyclic amines) is 1. The zero-order chi connectivity index (χ0) is 14.3. The van der Waals surface area contributed by atoms with Gasteiger partial charge in [-0.15, -0.1) is 11.3 Å². The molecule has 2 aliphatic heterocycles. The Bertz CT molecular complexity index is 558. The second-order valence-electron chi connectivity index (χ2n) is 5.44. The van der Waals surface area contributed by atoms with E-state index in [1.807, 2.05) is 0 Å². The molecular weight excluding hydrogens is 280 g/mol. The minimum absolute atomic E-state index is 0.111. The summed E-state index contributed by atoms with van der Waals surface area (Å²) in [4.78, 5) is 30.5. The van der Waals surface area contributed by atoms with E-state index in [9.17, 15) is 14.7 Å². The van der Waals surface area contributed by atoms with E-state index in [1.54, 1.807) is 17.3 Å². The molecule has 1 N–H and O–H groups in total. The smallest absolute Gasteiger partial charge is 0.311 e. The van der Waals surface area contributed by atoms with Crippen LogP contribution in [0.3, 0.4) is 0 Å². The summed E-state index contributed by atoms with van der Waals surface area (Å²) in [7, 11) is 0. The minimum atomic E-state index is -0.841. The summed E-state index contributed by atoms with van der Waals surface area (Å²) in [5.41, 5.74) is 1.50. The first-order chi connectivity index (χ1) is 9.54. The Balaban J connectivity index is 1.86. The van der Waals surface area contributed by atoms with Crippen molar-refractivity contribution in [3.05, 3.63) is 16.1 Å². The number of fused-ring (bicyclic) bond motifs is 1. The van der Waals surface area contributed by atoms with Crippen molar-refractivity contribution >= 4 is 23.2 Å². The predicted octanol–water partition coefficient (Wildman–Crippen LogP) is 1.01. The van der Waals surface area contributed by atoms with Crippen LogP contribution in [0.1, 0.15) is 21.8 Å². The van der Waals surface area contributed by atoms with E-state index in [2.05, 4.69) is 4.98 Å². The molecule has 6 nitrogen and oxygen atoms in total. The normalized spacial score (nSPS) is 29.2. The fourth-order valence-corrected chi connectivity index (χ4v) is 3.87. The number of ether oxygens (including phenoxy) is 1. The van der Waals surface area contributed by atoms with Crippen molar-refractivity contribution in [3.8, 4) is 0 Å². The van der Waals surface area contributed by atoms with Crippen LogP contribution in [0.25, 0.3) is 0 Å². The topological polar surface area (TPSA) is 79.7 Å². The number of aryl methyl sites for hydroxylation is 1. The van der Waals surface area contributed by atoms with Crippen molar-refractivity contribution < 1.29 is 19.4 Å². The summed E-state index contributed by atoms with van der Waals surface area (Å²) >= 11 is 1.30. The number of aliphatic carboxylic acids is 1. The fourth-order valence-electron chi connectivity index (χ4n) is 3.10. The van der Waals surface area contributed by atoms with Gasteiger partial charge in [0.1, 0.15) is 4.88 Å². The van der Waals surface area contributed by atoms with Gasteiger partial charge in [0, 0.05) is 25.6 Å². The molecule has 2 fully saturated rings. The Morgan fingerprint density at radius 2 is 2.40 bits per heavy atom. The third-order valence-corrected chi connectivity index (χ3v) is 5.28. The number of aromatic nitrogens is 1. The van der Waals surface area contributed by atoms with E-state index in [4.69, 9.17) is 4.74 Å². The molecule has 7 heteroatoms. The molecule has 108 valence electrons. The third kappa shape index (κ3) is 1.92. The maximum absolute atomic E-state index is 12.5. The summed E-state index contributed by atoms with van der Waals surface area (Å²) in [6.45, 7) is 3.38. The number of amides is 1. The summed E-state index contributed by atoms with van der Waals surface area (Å²) in [6, 6.07) is 0. The molecule has 1 aromatic rings. The van der Waals surface area contributed by atoms with E-state index in [0.717, 1.165) is 0 Å². The lowest BCUT2D eigenvalue weighted by molar-refractivity contribution is -0.157. The van der Waals surface area contributed by atoms with Crippen molar-refractivity contribution in [3.63, 3.8) is 0 Å². The molecule has 3 rings (SSSR count). The largest absolute Gasteiger partial charge is 0.481 e. The quantitative estimate of drug-likeness (QED) is 0.881. The van der Waals surface area contributed by atoms with Crippen LogP contribution in [0.4, 0.5) is 0 Å². The van der Waals surface area contributed by atoms with E-state index >= 15 is 0 Å². The first-order valence-electron chi connectivity index (χ1n) is 6.55. The Morgan fingerprint density at radius 1 is 1.60 bits per heavy atom. The lowest BCUT2D eigenvalue weighted by atomic mass is 9.74. The van der Waals surface area contributed by atoms with Gasteiger partial charge in [-0.3, -0.25) is 9.59 Å². The minimum Gasteiger partial charge on any atom is -0.481 e. The number of nitrogens with zero attached hydrogens (tertiary/aromatic N) is 2. The van der Waals surface area contributed by atoms with Crippen LogP contribution < -0.4 is 0 Å². The zero-order valence-corrected chi connectivity index (χ0v) is 12.0. The lowest BCUT2D eigenvalue weighted by Crippen LogP contribution is -2.45. The molecule has 0 saturated carbocycles. The second kappa shape index (κ2) is 4.82. The standard InChI is InChI=1S/C13H16N2O4S/c1-8-10(20-7-14-8)11(16)15-4-9-5-19-3-2-13(9,6-15)12(17)18/h7,9H,2-6H2,1H3,(H,17,18)/t9-,13+/m0/s1. The van der Waals surface area contributed by atoms with Gasteiger partial charge < -0.3 is 14.7 Å². The van der Waals surface area contributed by atoms with Gasteiger partial charge >= 0.3 is 5.97 Å². The van der Waals surface area contributed by atoms with Gasteiger partial charge in [0.2, 0.25) is 0 Å². The van der Waals surface area contributed by atoms with Crippen LogP contribution >= 0.6 is 11.3 Å². The molecule has 1 aromatic heterocycles. The number of carboxylic acid groups (broad SMARTS) is 1. The van der Waals surface area contributed by atoms with Crippen LogP contribution in [0.5, 0.6) is 0 Å². The fraction of sp³-hybridized carbons (Fsp3) is 0.615. The van der Waals surface area contributed by atoms with Crippen LogP contribution in [0.15, 0.2) is 5.51 Å². The average Bonchev–Trinajstić information content (AvgIpc) is 3.01. The second-order valence-corrected chi connectivity index (χ2v) is 6.29. The van der Waals surface area contributed by atoms with Crippen molar-refractivity contribution in [2.24, 2.45) is 11.3 Å². The lowest BCUT2D eigenvalue weighted by Gasteiger charge is -2.33. The highest BCUT2D eigenvalue weighted by atomic mass is 32.1. The number of carbonyl (C=O) groups is 2. The average molecular weight is 296 g/mol. The number of hydrogen-bond acceptors (Lipinski definition) is 5. The molecule has 0 spiro atoms. The molecule has 2 atom stereocenters. The zero-order valence-electron chi connectivity index (χ0n) is 11.2. The molecule has 0 bridgehead atoms. The SMILES string of the molecule is Cc1ncsc1C(=O)N1C[C@H]2COCC[C@@]2(C(=O)O)C1. The van der Waals surface area contributed by atoms with Crippen LogP contribution in [-0.2, 0) is 9.53 Å². The molecule has 0 aromatic carbocycles. The van der Waals surface area contributed by atoms with E-state index in [1.165, 1.54) is 11.3 Å². The molecule has 0 aliphatic carbocycles. The first-order valence-corrected chi connectivity index (χ1v) is 7.43. The number of carbonyl (C=O) groups excluding carboxylic acids is 1. The molecule has 2 aliphatic rings. The van der Waals surface area contributed by atoms with Crippen LogP contribution in [0, 0.1) is 18.3 Å². The van der Waals surface area contributed by atoms with Crippen molar-refractivity contribution in [1.82, 2.24) is 9.88 Å². The van der Waals surface area contributed by atoms with Crippen molar-refractivity contribution in [2.45, 2.75) is 13.3 Å². The molecular formula is C13H16N2O4S. The Morgan fingerprint density at radius 3 is 3.00 bits per heavy atom. The summed E-state index contributed by atoms with van der Waals surface area (Å²) in [5.74, 6) is -1.05. The van der Waals surface area contributed by atoms with Crippen molar-refractivity contribution in [2.75, 3.05) is 26.3 Å². The van der Waals surface area contributed by atoms with Gasteiger partial charge in [-0.2, -0.15) is 0 Å². The predicted molar refractivity (Wildman–Crippen MR) is 71.7 cm³/mol. The van der Waals surface area contributed by atoms with Gasteiger partial charge in [0.05, 0.1) is 23.2 Å². The Labute approximate surface area is 120 Å². The highest BCUT2D eigenvalue weighted by Crippen LogP contribution is 2.43. The number of carboxylic acids is 1. The van der Waals surface area contributed by atoms with Gasteiger partial charge in [-0.1, -0.05) is 0 Å². The van der Waals surface area contributed by atoms with Gasteiger partial charge in [0.15, 0.2) is 0 Å². The maximum atomic E-state index is 12.5. The Hall–Kier alpha value is -1.47. The monoisotopic (exact) mass is 296 g/mol. The van der Waals surface area contributed by atoms with Crippen LogP contribution in [-0.4, -0.2) is 53.2 Å². The molecule has 1 amide bonds. The van der Waals surface area contributed by atoms with Gasteiger partial charge in [0.25, 0.3) is 5.91 Å². The Kier molecular flexibility index (Phi) is 3.25. The third-order valence-electron chi connectivity index (χ3n) is 4.36. The molecule has 2 saturated heterocycles. The highest BCUT2D eigenvalue weighted by Gasteiger charge is 2.55. The van der Waals surface area contributed by atoms with Gasteiger partial charge in [-0.05, 0) is 13.3 Å². The first kappa shape index (κ1) is 13.5. The van der Waals surface area contributed by atoms with E-state index in [0.29, 0.717) is 36.8 Å². The number of rotatable bonds is 2. The van der Waals surface area contributed by atoms with Crippen molar-refractivity contribution in [1.29, 1.82) is 0 Å². The van der Waals surface area contributed by atoms with Crippen LogP contribution in [0.2, 0.25) is 0 Å².